The molecule has 4 aliphatic rings. The van der Waals surface area contributed by atoms with Gasteiger partial charge in [-0.25, -0.2) is 4.79 Å². The summed E-state index contributed by atoms with van der Waals surface area (Å²) in [6.45, 7) is 7.73. The first kappa shape index (κ1) is 21.5. The number of carbonyl (C=O) groups excluding carboxylic acids is 1. The van der Waals surface area contributed by atoms with E-state index < -0.39 is 0 Å². The Balaban J connectivity index is 1.25. The van der Waals surface area contributed by atoms with Crippen molar-refractivity contribution in [2.45, 2.75) is 64.5 Å². The predicted octanol–water partition coefficient (Wildman–Crippen LogP) is 5.75. The first-order chi connectivity index (χ1) is 15.5. The largest absolute Gasteiger partial charge is 0.445 e. The summed E-state index contributed by atoms with van der Waals surface area (Å²) in [5.74, 6) is 1.21. The van der Waals surface area contributed by atoms with Gasteiger partial charge in [-0.1, -0.05) is 56.3 Å². The van der Waals surface area contributed by atoms with E-state index >= 15 is 0 Å². The Morgan fingerprint density at radius 2 is 1.81 bits per heavy atom. The number of aryl methyl sites for hydroxylation is 1. The van der Waals surface area contributed by atoms with Crippen LogP contribution < -0.4 is 5.32 Å². The number of piperidine rings is 3. The molecule has 1 aliphatic carbocycles. The number of nitrogens with one attached hydrogen (secondary N) is 1. The molecule has 3 heterocycles. The number of benzene rings is 2. The Labute approximate surface area is 192 Å². The van der Waals surface area contributed by atoms with Crippen LogP contribution in [0.1, 0.15) is 62.3 Å². The molecule has 6 rings (SSSR count). The zero-order valence-corrected chi connectivity index (χ0v) is 19.5. The Kier molecular flexibility index (Phi) is 6.23. The average Bonchev–Trinajstić information content (AvgIpc) is 2.80. The highest BCUT2D eigenvalue weighted by atomic mass is 16.6. The molecular weight excluding hydrogens is 396 g/mol. The van der Waals surface area contributed by atoms with Crippen molar-refractivity contribution in [3.8, 4) is 11.1 Å². The fourth-order valence-corrected chi connectivity index (χ4v) is 5.81. The van der Waals surface area contributed by atoms with Crippen molar-refractivity contribution in [1.82, 2.24) is 10.2 Å². The second-order valence-corrected chi connectivity index (χ2v) is 10.4. The van der Waals surface area contributed by atoms with Gasteiger partial charge in [0.15, 0.2) is 0 Å². The zero-order valence-electron chi connectivity index (χ0n) is 19.5. The Hall–Kier alpha value is -2.33. The van der Waals surface area contributed by atoms with E-state index in [9.17, 15) is 4.79 Å². The molecule has 32 heavy (non-hydrogen) atoms. The van der Waals surface area contributed by atoms with E-state index in [1.54, 1.807) is 0 Å². The van der Waals surface area contributed by atoms with Gasteiger partial charge in [0.1, 0.15) is 6.10 Å². The van der Waals surface area contributed by atoms with Crippen molar-refractivity contribution in [1.29, 1.82) is 0 Å². The summed E-state index contributed by atoms with van der Waals surface area (Å²) in [7, 11) is 0. The van der Waals surface area contributed by atoms with Crippen molar-refractivity contribution in [3.63, 3.8) is 0 Å². The average molecular weight is 433 g/mol. The molecule has 1 N–H and O–H groups in total. The quantitative estimate of drug-likeness (QED) is 0.654. The monoisotopic (exact) mass is 432 g/mol. The lowest BCUT2D eigenvalue weighted by atomic mass is 9.85. The molecule has 0 radical (unpaired) electrons. The highest BCUT2D eigenvalue weighted by molar-refractivity contribution is 5.69. The summed E-state index contributed by atoms with van der Waals surface area (Å²) in [5, 5.41) is 3.19. The van der Waals surface area contributed by atoms with Crippen molar-refractivity contribution < 1.29 is 9.53 Å². The normalized spacial score (nSPS) is 26.6. The van der Waals surface area contributed by atoms with Crippen LogP contribution in [0.4, 0.5) is 4.79 Å². The maximum atomic E-state index is 12.7. The molecule has 1 amide bonds. The third-order valence-electron chi connectivity index (χ3n) is 7.54. The molecule has 2 bridgehead atoms. The first-order valence-corrected chi connectivity index (χ1v) is 12.5. The summed E-state index contributed by atoms with van der Waals surface area (Å²) >= 11 is 0. The Bertz CT molecular complexity index is 944. The third-order valence-corrected chi connectivity index (χ3v) is 7.54. The van der Waals surface area contributed by atoms with Crippen LogP contribution in [0.5, 0.6) is 0 Å². The minimum absolute atomic E-state index is 0.0507. The van der Waals surface area contributed by atoms with Crippen molar-refractivity contribution in [3.05, 3.63) is 59.2 Å². The van der Waals surface area contributed by atoms with Gasteiger partial charge in [0.05, 0.1) is 6.04 Å². The number of hydrogen-bond acceptors (Lipinski definition) is 3. The van der Waals surface area contributed by atoms with Gasteiger partial charge in [-0.15, -0.1) is 0 Å². The lowest BCUT2D eigenvalue weighted by Gasteiger charge is -2.44. The van der Waals surface area contributed by atoms with Crippen LogP contribution in [0.15, 0.2) is 42.5 Å². The Morgan fingerprint density at radius 3 is 2.50 bits per heavy atom. The van der Waals surface area contributed by atoms with Gasteiger partial charge in [-0.05, 0) is 91.3 Å². The number of amides is 1. The van der Waals surface area contributed by atoms with Crippen LogP contribution in [0, 0.1) is 11.8 Å². The standard InChI is InChI=1S/C28H36N2O2/c1-19(2)16-20-6-8-21(9-7-20)23-10-11-25-24(17-23)4-3-5-26(25)29-28(31)32-27-18-30-14-12-22(27)13-15-30/h6-11,17,19,22,26-27H,3-5,12-16,18H2,1-2H3,(H,29,31)/t26?,27-/m0/s1. The summed E-state index contributed by atoms with van der Waals surface area (Å²) in [6.07, 6.45) is 6.39. The minimum Gasteiger partial charge on any atom is -0.445 e. The van der Waals surface area contributed by atoms with Crippen LogP contribution in [-0.4, -0.2) is 36.7 Å². The molecule has 4 heteroatoms. The van der Waals surface area contributed by atoms with E-state index in [2.05, 4.69) is 66.5 Å². The molecule has 0 aromatic heterocycles. The summed E-state index contributed by atoms with van der Waals surface area (Å²) in [6, 6.07) is 15.8. The van der Waals surface area contributed by atoms with E-state index in [-0.39, 0.29) is 18.2 Å². The highest BCUT2D eigenvalue weighted by Gasteiger charge is 2.37. The summed E-state index contributed by atoms with van der Waals surface area (Å²) in [4.78, 5) is 15.1. The number of rotatable bonds is 5. The fraction of sp³-hybridized carbons (Fsp3) is 0.536. The zero-order chi connectivity index (χ0) is 22.1. The number of alkyl carbamates (subject to hydrolysis) is 1. The highest BCUT2D eigenvalue weighted by Crippen LogP contribution is 2.34. The van der Waals surface area contributed by atoms with Crippen LogP contribution in [0.3, 0.4) is 0 Å². The van der Waals surface area contributed by atoms with Crippen molar-refractivity contribution in [2.24, 2.45) is 11.8 Å². The topological polar surface area (TPSA) is 41.6 Å². The van der Waals surface area contributed by atoms with E-state index in [0.717, 1.165) is 58.2 Å². The van der Waals surface area contributed by atoms with Gasteiger partial charge in [-0.2, -0.15) is 0 Å². The third kappa shape index (κ3) is 4.71. The van der Waals surface area contributed by atoms with Gasteiger partial charge < -0.3 is 10.1 Å². The van der Waals surface area contributed by atoms with E-state index in [4.69, 9.17) is 4.74 Å². The van der Waals surface area contributed by atoms with Crippen LogP contribution >= 0.6 is 0 Å². The minimum atomic E-state index is -0.244. The van der Waals surface area contributed by atoms with Gasteiger partial charge in [0, 0.05) is 6.54 Å². The summed E-state index contributed by atoms with van der Waals surface area (Å²) < 4.78 is 5.88. The van der Waals surface area contributed by atoms with Crippen LogP contribution in [-0.2, 0) is 17.6 Å². The molecule has 4 nitrogen and oxygen atoms in total. The van der Waals surface area contributed by atoms with Gasteiger partial charge >= 0.3 is 6.09 Å². The van der Waals surface area contributed by atoms with Gasteiger partial charge in [-0.3, -0.25) is 4.90 Å². The number of nitrogens with zero attached hydrogens (tertiary/aromatic N) is 1. The SMILES string of the molecule is CC(C)Cc1ccc(-c2ccc3c(c2)CCCC3NC(=O)O[C@H]2CN3CCC2CC3)cc1. The fourth-order valence-electron chi connectivity index (χ4n) is 5.81. The molecule has 170 valence electrons. The lowest BCUT2D eigenvalue weighted by molar-refractivity contribution is -0.0340. The Morgan fingerprint density at radius 1 is 1.06 bits per heavy atom. The molecule has 2 atom stereocenters. The number of hydrogen-bond donors (Lipinski definition) is 1. The number of ether oxygens (including phenoxy) is 1. The molecule has 3 aliphatic heterocycles. The molecule has 2 aromatic rings. The van der Waals surface area contributed by atoms with Gasteiger partial charge in [0.2, 0.25) is 0 Å². The predicted molar refractivity (Wildman–Crippen MR) is 129 cm³/mol. The molecule has 0 saturated carbocycles. The molecular formula is C28H36N2O2. The van der Waals surface area contributed by atoms with Crippen LogP contribution in [0.2, 0.25) is 0 Å². The molecule has 2 aromatic carbocycles. The van der Waals surface area contributed by atoms with E-state index in [0.29, 0.717) is 11.8 Å². The van der Waals surface area contributed by atoms with E-state index in [1.807, 2.05) is 0 Å². The molecule has 3 saturated heterocycles. The molecule has 0 spiro atoms. The smallest absolute Gasteiger partial charge is 0.407 e. The van der Waals surface area contributed by atoms with Crippen LogP contribution in [0.25, 0.3) is 11.1 Å². The summed E-state index contributed by atoms with van der Waals surface area (Å²) in [5.41, 5.74) is 6.52. The second-order valence-electron chi connectivity index (χ2n) is 10.4. The van der Waals surface area contributed by atoms with Crippen molar-refractivity contribution >= 4 is 6.09 Å². The molecule has 1 unspecified atom stereocenters. The lowest BCUT2D eigenvalue weighted by Crippen LogP contribution is -2.52. The molecule has 3 fully saturated rings. The second kappa shape index (κ2) is 9.27. The van der Waals surface area contributed by atoms with Gasteiger partial charge in [0.25, 0.3) is 0 Å². The number of carbonyl (C=O) groups is 1. The maximum Gasteiger partial charge on any atom is 0.407 e. The van der Waals surface area contributed by atoms with Crippen molar-refractivity contribution in [2.75, 3.05) is 19.6 Å². The van der Waals surface area contributed by atoms with E-state index in [1.165, 1.54) is 27.8 Å². The maximum absolute atomic E-state index is 12.7. The first-order valence-electron chi connectivity index (χ1n) is 12.5. The number of fused-ring (bicyclic) bond motifs is 4.